The van der Waals surface area contributed by atoms with Gasteiger partial charge in [-0.25, -0.2) is 4.79 Å². The van der Waals surface area contributed by atoms with Gasteiger partial charge < -0.3 is 18.6 Å². The maximum atomic E-state index is 12.9. The number of ketones is 1. The lowest BCUT2D eigenvalue weighted by Crippen LogP contribution is -2.09. The number of allylic oxidation sites excluding steroid dienone is 1. The first kappa shape index (κ1) is 22.9. The number of methoxy groups -OCH3 is 1. The first-order chi connectivity index (χ1) is 16.5. The van der Waals surface area contributed by atoms with Crippen LogP contribution in [0.3, 0.4) is 0 Å². The van der Waals surface area contributed by atoms with Crippen LogP contribution in [0.1, 0.15) is 39.0 Å². The second kappa shape index (κ2) is 10.1. The molecular formula is C28H24O6. The second-order valence-corrected chi connectivity index (χ2v) is 7.51. The number of esters is 1. The molecule has 6 heteroatoms. The molecule has 1 aromatic heterocycles. The third-order valence-electron chi connectivity index (χ3n) is 5.24. The van der Waals surface area contributed by atoms with Crippen LogP contribution in [0.5, 0.6) is 17.2 Å². The lowest BCUT2D eigenvalue weighted by Gasteiger charge is -2.06. The van der Waals surface area contributed by atoms with Crippen LogP contribution in [0.2, 0.25) is 0 Å². The molecule has 0 aliphatic heterocycles. The summed E-state index contributed by atoms with van der Waals surface area (Å²) in [5.41, 5.74) is 2.29. The Bertz CT molecular complexity index is 1340. The molecule has 4 rings (SSSR count). The zero-order valence-electron chi connectivity index (χ0n) is 19.2. The van der Waals surface area contributed by atoms with Gasteiger partial charge in [-0.3, -0.25) is 4.79 Å². The van der Waals surface area contributed by atoms with Crippen LogP contribution < -0.4 is 14.2 Å². The van der Waals surface area contributed by atoms with E-state index in [4.69, 9.17) is 18.6 Å². The highest BCUT2D eigenvalue weighted by Crippen LogP contribution is 2.30. The van der Waals surface area contributed by atoms with Gasteiger partial charge in [0.05, 0.1) is 13.7 Å². The highest BCUT2D eigenvalue weighted by Gasteiger charge is 2.21. The van der Waals surface area contributed by atoms with E-state index < -0.39 is 5.97 Å². The van der Waals surface area contributed by atoms with Gasteiger partial charge in [0.15, 0.2) is 5.78 Å². The zero-order valence-corrected chi connectivity index (χ0v) is 19.2. The van der Waals surface area contributed by atoms with Gasteiger partial charge in [0.1, 0.15) is 34.2 Å². The minimum absolute atomic E-state index is 0.158. The van der Waals surface area contributed by atoms with E-state index in [-0.39, 0.29) is 5.78 Å². The number of benzene rings is 3. The largest absolute Gasteiger partial charge is 0.497 e. The summed E-state index contributed by atoms with van der Waals surface area (Å²) in [4.78, 5) is 25.4. The van der Waals surface area contributed by atoms with E-state index in [1.807, 2.05) is 31.2 Å². The van der Waals surface area contributed by atoms with E-state index in [9.17, 15) is 9.59 Å². The average molecular weight is 456 g/mol. The zero-order chi connectivity index (χ0) is 24.1. The molecule has 0 spiro atoms. The summed E-state index contributed by atoms with van der Waals surface area (Å²) in [7, 11) is 1.60. The van der Waals surface area contributed by atoms with Crippen molar-refractivity contribution >= 4 is 28.8 Å². The topological polar surface area (TPSA) is 75.0 Å². The predicted octanol–water partition coefficient (Wildman–Crippen LogP) is 6.26. The van der Waals surface area contributed by atoms with Crippen LogP contribution in [-0.2, 0) is 0 Å². The first-order valence-electron chi connectivity index (χ1n) is 10.8. The van der Waals surface area contributed by atoms with Crippen LogP contribution in [0.4, 0.5) is 0 Å². The van der Waals surface area contributed by atoms with Crippen LogP contribution in [0.25, 0.3) is 17.0 Å². The van der Waals surface area contributed by atoms with E-state index in [1.165, 1.54) is 6.08 Å². The molecule has 0 saturated carbocycles. The molecule has 0 aliphatic carbocycles. The van der Waals surface area contributed by atoms with Gasteiger partial charge in [0.2, 0.25) is 0 Å². The summed E-state index contributed by atoms with van der Waals surface area (Å²) < 4.78 is 21.9. The highest BCUT2D eigenvalue weighted by atomic mass is 16.5. The summed E-state index contributed by atoms with van der Waals surface area (Å²) >= 11 is 0. The Morgan fingerprint density at radius 3 is 2.26 bits per heavy atom. The molecular weight excluding hydrogens is 432 g/mol. The number of fused-ring (bicyclic) bond motifs is 1. The van der Waals surface area contributed by atoms with Crippen LogP contribution >= 0.6 is 0 Å². The molecule has 0 bridgehead atoms. The SMILES string of the molecule is CCOc1ccc2oc(C)c(C(=O)Oc3ccc(C(=O)C=Cc4ccc(OC)cc4)cc3)c2c1. The first-order valence-corrected chi connectivity index (χ1v) is 10.8. The van der Waals surface area contributed by atoms with Crippen molar-refractivity contribution in [3.05, 3.63) is 95.3 Å². The van der Waals surface area contributed by atoms with E-state index in [2.05, 4.69) is 0 Å². The average Bonchev–Trinajstić information content (AvgIpc) is 3.18. The summed E-state index contributed by atoms with van der Waals surface area (Å²) in [6.45, 7) is 4.12. The fourth-order valence-corrected chi connectivity index (χ4v) is 3.54. The van der Waals surface area contributed by atoms with Gasteiger partial charge in [-0.05, 0) is 80.1 Å². The Hall–Kier alpha value is -4.32. The molecule has 172 valence electrons. The number of rotatable bonds is 8. The third kappa shape index (κ3) is 5.02. The van der Waals surface area contributed by atoms with Crippen molar-refractivity contribution < 1.29 is 28.2 Å². The standard InChI is InChI=1S/C28H24O6/c1-4-32-23-14-16-26-24(17-23)27(18(2)33-26)28(30)34-22-12-8-20(9-13-22)25(29)15-7-19-5-10-21(31-3)11-6-19/h5-17H,4H2,1-3H3. The number of aryl methyl sites for hydroxylation is 1. The van der Waals surface area contributed by atoms with Crippen molar-refractivity contribution in [2.45, 2.75) is 13.8 Å². The fraction of sp³-hybridized carbons (Fsp3) is 0.143. The summed E-state index contributed by atoms with van der Waals surface area (Å²) in [5.74, 6) is 1.49. The molecule has 3 aromatic carbocycles. The molecule has 4 aromatic rings. The van der Waals surface area contributed by atoms with E-state index in [0.29, 0.717) is 46.0 Å². The molecule has 34 heavy (non-hydrogen) atoms. The molecule has 0 unspecified atom stereocenters. The van der Waals surface area contributed by atoms with Crippen molar-refractivity contribution in [1.29, 1.82) is 0 Å². The van der Waals surface area contributed by atoms with Gasteiger partial charge in [-0.15, -0.1) is 0 Å². The Morgan fingerprint density at radius 1 is 0.912 bits per heavy atom. The Morgan fingerprint density at radius 2 is 1.59 bits per heavy atom. The Balaban J connectivity index is 1.46. The highest BCUT2D eigenvalue weighted by molar-refractivity contribution is 6.07. The van der Waals surface area contributed by atoms with Gasteiger partial charge in [-0.1, -0.05) is 18.2 Å². The maximum absolute atomic E-state index is 12.9. The van der Waals surface area contributed by atoms with Crippen molar-refractivity contribution in [2.75, 3.05) is 13.7 Å². The quantitative estimate of drug-likeness (QED) is 0.135. The van der Waals surface area contributed by atoms with Crippen LogP contribution in [0.15, 0.2) is 77.2 Å². The summed E-state index contributed by atoms with van der Waals surface area (Å²) in [6, 6.07) is 19.1. The molecule has 0 fully saturated rings. The predicted molar refractivity (Wildman–Crippen MR) is 130 cm³/mol. The lowest BCUT2D eigenvalue weighted by molar-refractivity contribution is 0.0734. The molecule has 0 saturated heterocycles. The summed E-state index contributed by atoms with van der Waals surface area (Å²) in [5, 5.41) is 0.629. The number of hydrogen-bond acceptors (Lipinski definition) is 6. The van der Waals surface area contributed by atoms with Crippen molar-refractivity contribution in [3.8, 4) is 17.2 Å². The monoisotopic (exact) mass is 456 g/mol. The second-order valence-electron chi connectivity index (χ2n) is 7.51. The molecule has 6 nitrogen and oxygen atoms in total. The lowest BCUT2D eigenvalue weighted by atomic mass is 10.1. The minimum atomic E-state index is -0.539. The smallest absolute Gasteiger partial charge is 0.347 e. The van der Waals surface area contributed by atoms with E-state index in [1.54, 1.807) is 62.6 Å². The molecule has 0 radical (unpaired) electrons. The van der Waals surface area contributed by atoms with E-state index >= 15 is 0 Å². The number of furan rings is 1. The van der Waals surface area contributed by atoms with Crippen molar-refractivity contribution in [2.24, 2.45) is 0 Å². The Kier molecular flexibility index (Phi) is 6.78. The number of carbonyl (C=O) groups excluding carboxylic acids is 2. The molecule has 0 amide bonds. The number of carbonyl (C=O) groups is 2. The molecule has 0 aliphatic rings. The van der Waals surface area contributed by atoms with Crippen LogP contribution in [-0.4, -0.2) is 25.5 Å². The van der Waals surface area contributed by atoms with Gasteiger partial charge in [0.25, 0.3) is 0 Å². The van der Waals surface area contributed by atoms with Gasteiger partial charge in [0, 0.05) is 10.9 Å². The third-order valence-corrected chi connectivity index (χ3v) is 5.24. The number of hydrogen-bond donors (Lipinski definition) is 0. The summed E-state index contributed by atoms with van der Waals surface area (Å²) in [6.07, 6.45) is 3.23. The van der Waals surface area contributed by atoms with Crippen LogP contribution in [0, 0.1) is 6.92 Å². The Labute approximate surface area is 197 Å². The fourth-order valence-electron chi connectivity index (χ4n) is 3.54. The molecule has 1 heterocycles. The molecule has 0 N–H and O–H groups in total. The normalized spacial score (nSPS) is 11.0. The van der Waals surface area contributed by atoms with Gasteiger partial charge in [-0.2, -0.15) is 0 Å². The van der Waals surface area contributed by atoms with Gasteiger partial charge >= 0.3 is 5.97 Å². The molecule has 0 atom stereocenters. The number of ether oxygens (including phenoxy) is 3. The van der Waals surface area contributed by atoms with E-state index in [0.717, 1.165) is 11.3 Å². The maximum Gasteiger partial charge on any atom is 0.347 e. The minimum Gasteiger partial charge on any atom is -0.497 e. The van der Waals surface area contributed by atoms with Crippen molar-refractivity contribution in [3.63, 3.8) is 0 Å². The van der Waals surface area contributed by atoms with Crippen molar-refractivity contribution in [1.82, 2.24) is 0 Å².